The molecule has 0 bridgehead atoms. The number of aliphatic carboxylic acids is 1. The first-order valence-electron chi connectivity index (χ1n) is 7.08. The normalized spacial score (nSPS) is 12.1. The molecule has 1 amide bonds. The van der Waals surface area contributed by atoms with Gasteiger partial charge in [-0.15, -0.1) is 0 Å². The van der Waals surface area contributed by atoms with E-state index in [2.05, 4.69) is 12.2 Å². The fourth-order valence-electron chi connectivity index (χ4n) is 2.24. The molecule has 20 heavy (non-hydrogen) atoms. The van der Waals surface area contributed by atoms with Crippen LogP contribution >= 0.6 is 0 Å². The Bertz CT molecular complexity index is 439. The predicted molar refractivity (Wildman–Crippen MR) is 75.7 cm³/mol. The first-order valence-corrected chi connectivity index (χ1v) is 7.08. The molecule has 1 aromatic heterocycles. The van der Waals surface area contributed by atoms with Crippen LogP contribution in [0.3, 0.4) is 0 Å². The summed E-state index contributed by atoms with van der Waals surface area (Å²) in [4.78, 5) is 22.4. The SMILES string of the molecule is CCCC(CCNC(=O)c1occc1C)CCC(=O)O. The van der Waals surface area contributed by atoms with Crippen molar-refractivity contribution in [3.8, 4) is 0 Å². The fraction of sp³-hybridized carbons (Fsp3) is 0.600. The number of carbonyl (C=O) groups is 2. The van der Waals surface area contributed by atoms with Crippen molar-refractivity contribution >= 4 is 11.9 Å². The summed E-state index contributed by atoms with van der Waals surface area (Å²) in [6.45, 7) is 4.45. The molecule has 5 heteroatoms. The molecule has 0 aliphatic heterocycles. The average Bonchev–Trinajstić information content (AvgIpc) is 2.82. The number of rotatable bonds is 9. The highest BCUT2D eigenvalue weighted by atomic mass is 16.4. The third-order valence-electron chi connectivity index (χ3n) is 3.37. The molecule has 0 aliphatic carbocycles. The topological polar surface area (TPSA) is 79.5 Å². The Balaban J connectivity index is 2.34. The zero-order valence-electron chi connectivity index (χ0n) is 12.1. The lowest BCUT2D eigenvalue weighted by Gasteiger charge is -2.15. The van der Waals surface area contributed by atoms with E-state index in [1.807, 2.05) is 6.92 Å². The zero-order valence-corrected chi connectivity index (χ0v) is 12.1. The first-order chi connectivity index (χ1) is 9.54. The molecule has 0 aromatic carbocycles. The van der Waals surface area contributed by atoms with Gasteiger partial charge in [-0.3, -0.25) is 9.59 Å². The number of carboxylic acid groups (broad SMARTS) is 1. The Kier molecular flexibility index (Phi) is 6.84. The molecule has 1 atom stereocenters. The van der Waals surface area contributed by atoms with Gasteiger partial charge in [-0.05, 0) is 31.7 Å². The highest BCUT2D eigenvalue weighted by Gasteiger charge is 2.14. The fourth-order valence-corrected chi connectivity index (χ4v) is 2.24. The number of hydrogen-bond acceptors (Lipinski definition) is 3. The number of carboxylic acids is 1. The van der Waals surface area contributed by atoms with Crippen LogP contribution in [0.15, 0.2) is 16.7 Å². The van der Waals surface area contributed by atoms with E-state index >= 15 is 0 Å². The maximum atomic E-state index is 11.8. The van der Waals surface area contributed by atoms with Crippen molar-refractivity contribution in [3.05, 3.63) is 23.7 Å². The summed E-state index contributed by atoms with van der Waals surface area (Å²) >= 11 is 0. The van der Waals surface area contributed by atoms with Gasteiger partial charge in [0.2, 0.25) is 0 Å². The number of hydrogen-bond donors (Lipinski definition) is 2. The Morgan fingerprint density at radius 2 is 2.10 bits per heavy atom. The first kappa shape index (κ1) is 16.3. The lowest BCUT2D eigenvalue weighted by molar-refractivity contribution is -0.137. The third-order valence-corrected chi connectivity index (χ3v) is 3.37. The summed E-state index contributed by atoms with van der Waals surface area (Å²) < 4.78 is 5.12. The predicted octanol–water partition coefficient (Wildman–Crippen LogP) is 2.99. The van der Waals surface area contributed by atoms with E-state index in [-0.39, 0.29) is 12.3 Å². The largest absolute Gasteiger partial charge is 0.481 e. The molecule has 0 aliphatic rings. The summed E-state index contributed by atoms with van der Waals surface area (Å²) in [5.74, 6) is -0.279. The Hall–Kier alpha value is -1.78. The van der Waals surface area contributed by atoms with Crippen LogP contribution in [-0.2, 0) is 4.79 Å². The van der Waals surface area contributed by atoms with Crippen molar-refractivity contribution in [2.24, 2.45) is 5.92 Å². The lowest BCUT2D eigenvalue weighted by Crippen LogP contribution is -2.26. The van der Waals surface area contributed by atoms with Gasteiger partial charge in [0.25, 0.3) is 5.91 Å². The van der Waals surface area contributed by atoms with Gasteiger partial charge >= 0.3 is 5.97 Å². The number of furan rings is 1. The van der Waals surface area contributed by atoms with E-state index in [9.17, 15) is 9.59 Å². The van der Waals surface area contributed by atoms with Crippen LogP contribution in [0.1, 0.15) is 55.1 Å². The second-order valence-electron chi connectivity index (χ2n) is 5.06. The second-order valence-corrected chi connectivity index (χ2v) is 5.06. The minimum atomic E-state index is -0.763. The average molecular weight is 281 g/mol. The van der Waals surface area contributed by atoms with E-state index in [0.29, 0.717) is 24.6 Å². The van der Waals surface area contributed by atoms with Crippen LogP contribution in [0, 0.1) is 12.8 Å². The van der Waals surface area contributed by atoms with Crippen LogP contribution in [0.25, 0.3) is 0 Å². The molecule has 1 heterocycles. The minimum Gasteiger partial charge on any atom is -0.481 e. The quantitative estimate of drug-likeness (QED) is 0.729. The number of nitrogens with one attached hydrogen (secondary N) is 1. The van der Waals surface area contributed by atoms with E-state index in [1.54, 1.807) is 6.07 Å². The van der Waals surface area contributed by atoms with Crippen molar-refractivity contribution in [2.45, 2.75) is 46.0 Å². The molecule has 1 aromatic rings. The van der Waals surface area contributed by atoms with Crippen LogP contribution < -0.4 is 5.32 Å². The number of aryl methyl sites for hydroxylation is 1. The molecule has 0 saturated heterocycles. The summed E-state index contributed by atoms with van der Waals surface area (Å²) in [5, 5.41) is 11.5. The van der Waals surface area contributed by atoms with E-state index < -0.39 is 5.97 Å². The molecule has 0 radical (unpaired) electrons. The molecule has 0 fully saturated rings. The molecule has 0 saturated carbocycles. The smallest absolute Gasteiger partial charge is 0.303 e. The highest BCUT2D eigenvalue weighted by Crippen LogP contribution is 2.17. The van der Waals surface area contributed by atoms with Crippen molar-refractivity contribution < 1.29 is 19.1 Å². The van der Waals surface area contributed by atoms with Gasteiger partial charge in [0.15, 0.2) is 5.76 Å². The van der Waals surface area contributed by atoms with Gasteiger partial charge in [-0.1, -0.05) is 19.8 Å². The molecule has 0 spiro atoms. The van der Waals surface area contributed by atoms with E-state index in [0.717, 1.165) is 24.8 Å². The van der Waals surface area contributed by atoms with Gasteiger partial charge in [0.1, 0.15) is 0 Å². The summed E-state index contributed by atoms with van der Waals surface area (Å²) in [6, 6.07) is 1.75. The van der Waals surface area contributed by atoms with Crippen molar-refractivity contribution in [1.82, 2.24) is 5.32 Å². The maximum Gasteiger partial charge on any atom is 0.303 e. The standard InChI is InChI=1S/C15H23NO4/c1-3-4-12(5-6-13(17)18)7-9-16-15(19)14-11(2)8-10-20-14/h8,10,12H,3-7,9H2,1-2H3,(H,16,19)(H,17,18). The summed E-state index contributed by atoms with van der Waals surface area (Å²) in [6.07, 6.45) is 5.16. The van der Waals surface area contributed by atoms with E-state index in [1.165, 1.54) is 6.26 Å². The molecular weight excluding hydrogens is 258 g/mol. The summed E-state index contributed by atoms with van der Waals surface area (Å²) in [5.41, 5.74) is 0.818. The van der Waals surface area contributed by atoms with Crippen LogP contribution in [-0.4, -0.2) is 23.5 Å². The van der Waals surface area contributed by atoms with Gasteiger partial charge < -0.3 is 14.8 Å². The van der Waals surface area contributed by atoms with Gasteiger partial charge in [0.05, 0.1) is 6.26 Å². The number of amides is 1. The van der Waals surface area contributed by atoms with Crippen molar-refractivity contribution in [2.75, 3.05) is 6.54 Å². The minimum absolute atomic E-state index is 0.190. The third kappa shape index (κ3) is 5.47. The van der Waals surface area contributed by atoms with Crippen molar-refractivity contribution in [3.63, 3.8) is 0 Å². The monoisotopic (exact) mass is 281 g/mol. The zero-order chi connectivity index (χ0) is 15.0. The molecule has 112 valence electrons. The lowest BCUT2D eigenvalue weighted by atomic mass is 9.94. The van der Waals surface area contributed by atoms with Gasteiger partial charge in [0, 0.05) is 18.5 Å². The molecule has 2 N–H and O–H groups in total. The van der Waals surface area contributed by atoms with Crippen LogP contribution in [0.5, 0.6) is 0 Å². The Labute approximate surface area is 119 Å². The van der Waals surface area contributed by atoms with Crippen molar-refractivity contribution in [1.29, 1.82) is 0 Å². The molecule has 1 rings (SSSR count). The molecule has 1 unspecified atom stereocenters. The van der Waals surface area contributed by atoms with Crippen LogP contribution in [0.2, 0.25) is 0 Å². The van der Waals surface area contributed by atoms with Gasteiger partial charge in [-0.2, -0.15) is 0 Å². The molecule has 5 nitrogen and oxygen atoms in total. The van der Waals surface area contributed by atoms with Crippen LogP contribution in [0.4, 0.5) is 0 Å². The Morgan fingerprint density at radius 3 is 2.65 bits per heavy atom. The second kappa shape index (κ2) is 8.40. The highest BCUT2D eigenvalue weighted by molar-refractivity contribution is 5.92. The van der Waals surface area contributed by atoms with E-state index in [4.69, 9.17) is 9.52 Å². The number of carbonyl (C=O) groups excluding carboxylic acids is 1. The van der Waals surface area contributed by atoms with Gasteiger partial charge in [-0.25, -0.2) is 0 Å². The Morgan fingerprint density at radius 1 is 1.35 bits per heavy atom. The maximum absolute atomic E-state index is 11.8. The summed E-state index contributed by atoms with van der Waals surface area (Å²) in [7, 11) is 0. The molecular formula is C15H23NO4.